The Bertz CT molecular complexity index is 621. The predicted octanol–water partition coefficient (Wildman–Crippen LogP) is 2.40. The topological polar surface area (TPSA) is 46.6 Å². The summed E-state index contributed by atoms with van der Waals surface area (Å²) in [4.78, 5) is 26.9. The van der Waals surface area contributed by atoms with Gasteiger partial charge >= 0.3 is 0 Å². The Morgan fingerprint density at radius 3 is 2.33 bits per heavy atom. The minimum Gasteiger partial charge on any atom is -0.492 e. The van der Waals surface area contributed by atoms with E-state index in [0.717, 1.165) is 6.42 Å². The summed E-state index contributed by atoms with van der Waals surface area (Å²) in [6.07, 6.45) is 5.16. The van der Waals surface area contributed by atoms with Gasteiger partial charge in [-0.3, -0.25) is 9.59 Å². The Hall–Kier alpha value is -2.10. The number of amides is 2. The highest BCUT2D eigenvalue weighted by molar-refractivity contribution is 6.23. The summed E-state index contributed by atoms with van der Waals surface area (Å²) in [6.45, 7) is 2.40. The highest BCUT2D eigenvalue weighted by atomic mass is 16.5. The molecule has 1 saturated carbocycles. The summed E-state index contributed by atoms with van der Waals surface area (Å²) in [7, 11) is 0. The lowest BCUT2D eigenvalue weighted by Crippen LogP contribution is -2.33. The number of para-hydroxylation sites is 2. The number of imide groups is 1. The van der Waals surface area contributed by atoms with Gasteiger partial charge in [-0.1, -0.05) is 24.3 Å². The lowest BCUT2D eigenvalue weighted by molar-refractivity contribution is -0.123. The molecule has 4 atom stereocenters. The van der Waals surface area contributed by atoms with Crippen molar-refractivity contribution in [2.24, 2.45) is 23.7 Å². The number of allylic oxidation sites excluding steroid dienone is 2. The molecule has 108 valence electrons. The van der Waals surface area contributed by atoms with Gasteiger partial charge in [-0.05, 0) is 37.3 Å². The smallest absolute Gasteiger partial charge is 0.238 e. The second-order valence-electron chi connectivity index (χ2n) is 5.91. The molecule has 0 unspecified atom stereocenters. The minimum atomic E-state index is -0.165. The molecule has 1 aromatic rings. The molecular formula is C17H17NO3. The maximum Gasteiger partial charge on any atom is 0.238 e. The van der Waals surface area contributed by atoms with Gasteiger partial charge in [0.05, 0.1) is 24.1 Å². The molecule has 1 heterocycles. The Labute approximate surface area is 123 Å². The number of fused-ring (bicyclic) bond motifs is 5. The Balaban J connectivity index is 1.75. The molecule has 1 aromatic carbocycles. The Kier molecular flexibility index (Phi) is 2.67. The number of carbonyl (C=O) groups is 2. The van der Waals surface area contributed by atoms with E-state index in [9.17, 15) is 9.59 Å². The van der Waals surface area contributed by atoms with E-state index in [0.29, 0.717) is 18.0 Å². The second kappa shape index (κ2) is 4.45. The second-order valence-corrected chi connectivity index (χ2v) is 5.91. The minimum absolute atomic E-state index is 0.0611. The molecule has 21 heavy (non-hydrogen) atoms. The van der Waals surface area contributed by atoms with Crippen molar-refractivity contribution in [2.45, 2.75) is 13.3 Å². The van der Waals surface area contributed by atoms with Crippen molar-refractivity contribution in [3.63, 3.8) is 0 Å². The number of nitrogens with zero attached hydrogens (tertiary/aromatic N) is 1. The quantitative estimate of drug-likeness (QED) is 0.632. The van der Waals surface area contributed by atoms with Crippen LogP contribution in [0.5, 0.6) is 5.75 Å². The summed E-state index contributed by atoms with van der Waals surface area (Å²) in [5, 5.41) is 0. The largest absolute Gasteiger partial charge is 0.492 e. The summed E-state index contributed by atoms with van der Waals surface area (Å²) in [5.41, 5.74) is 0.586. The molecule has 0 aromatic heterocycles. The Morgan fingerprint density at radius 2 is 1.71 bits per heavy atom. The van der Waals surface area contributed by atoms with Crippen LogP contribution in [0.25, 0.3) is 0 Å². The van der Waals surface area contributed by atoms with Gasteiger partial charge in [-0.2, -0.15) is 0 Å². The monoisotopic (exact) mass is 283 g/mol. The van der Waals surface area contributed by atoms with Gasteiger partial charge in [0.15, 0.2) is 0 Å². The Morgan fingerprint density at radius 1 is 1.10 bits per heavy atom. The van der Waals surface area contributed by atoms with Gasteiger partial charge in [0.25, 0.3) is 0 Å². The van der Waals surface area contributed by atoms with Crippen molar-refractivity contribution in [3.8, 4) is 5.75 Å². The molecule has 0 N–H and O–H groups in total. The molecule has 4 nitrogen and oxygen atoms in total. The molecular weight excluding hydrogens is 266 g/mol. The zero-order valence-corrected chi connectivity index (χ0v) is 11.9. The van der Waals surface area contributed by atoms with E-state index in [4.69, 9.17) is 4.74 Å². The van der Waals surface area contributed by atoms with Crippen molar-refractivity contribution in [1.82, 2.24) is 0 Å². The zero-order chi connectivity index (χ0) is 14.6. The molecule has 3 aliphatic rings. The average molecular weight is 283 g/mol. The van der Waals surface area contributed by atoms with Gasteiger partial charge in [0.2, 0.25) is 11.8 Å². The molecule has 2 aliphatic carbocycles. The first-order valence-electron chi connectivity index (χ1n) is 7.50. The van der Waals surface area contributed by atoms with E-state index in [1.54, 1.807) is 12.1 Å². The van der Waals surface area contributed by atoms with Crippen LogP contribution in [0.4, 0.5) is 5.69 Å². The first-order chi connectivity index (χ1) is 10.2. The highest BCUT2D eigenvalue weighted by Gasteiger charge is 2.59. The number of ether oxygens (including phenoxy) is 1. The first-order valence-corrected chi connectivity index (χ1v) is 7.50. The average Bonchev–Trinajstić information content (AvgIpc) is 3.15. The van der Waals surface area contributed by atoms with Crippen molar-refractivity contribution >= 4 is 17.5 Å². The zero-order valence-electron chi connectivity index (χ0n) is 11.9. The number of anilines is 1. The van der Waals surface area contributed by atoms with Gasteiger partial charge < -0.3 is 4.74 Å². The normalized spacial score (nSPS) is 32.9. The van der Waals surface area contributed by atoms with E-state index < -0.39 is 0 Å². The molecule has 2 fully saturated rings. The standard InChI is InChI=1S/C17H17NO3/c1-2-21-13-6-4-3-5-12(13)18-16(19)14-10-7-8-11(9-10)15(14)17(18)20/h3-8,10-11,14-15H,2,9H2,1H3/t10-,11-,14+,15+/m1/s1. The van der Waals surface area contributed by atoms with E-state index in [-0.39, 0.29) is 35.5 Å². The van der Waals surface area contributed by atoms with E-state index in [1.165, 1.54) is 4.90 Å². The predicted molar refractivity (Wildman–Crippen MR) is 77.8 cm³/mol. The van der Waals surface area contributed by atoms with Crippen LogP contribution in [-0.2, 0) is 9.59 Å². The molecule has 4 rings (SSSR count). The molecule has 2 amide bonds. The van der Waals surface area contributed by atoms with Crippen molar-refractivity contribution in [3.05, 3.63) is 36.4 Å². The summed E-state index contributed by atoms with van der Waals surface area (Å²) < 4.78 is 5.58. The molecule has 0 spiro atoms. The van der Waals surface area contributed by atoms with E-state index in [1.807, 2.05) is 19.1 Å². The van der Waals surface area contributed by atoms with Gasteiger partial charge in [-0.15, -0.1) is 0 Å². The maximum atomic E-state index is 12.8. The van der Waals surface area contributed by atoms with Crippen LogP contribution in [0.2, 0.25) is 0 Å². The molecule has 1 saturated heterocycles. The number of hydrogen-bond donors (Lipinski definition) is 0. The van der Waals surface area contributed by atoms with Crippen LogP contribution in [0, 0.1) is 23.7 Å². The van der Waals surface area contributed by atoms with E-state index in [2.05, 4.69) is 12.2 Å². The van der Waals surface area contributed by atoms with Gasteiger partial charge in [-0.25, -0.2) is 4.90 Å². The van der Waals surface area contributed by atoms with Crippen LogP contribution < -0.4 is 9.64 Å². The molecule has 4 heteroatoms. The third-order valence-electron chi connectivity index (χ3n) is 4.88. The van der Waals surface area contributed by atoms with E-state index >= 15 is 0 Å². The van der Waals surface area contributed by atoms with Crippen LogP contribution in [0.15, 0.2) is 36.4 Å². The fourth-order valence-corrected chi connectivity index (χ4v) is 4.06. The van der Waals surface area contributed by atoms with Gasteiger partial charge in [0, 0.05) is 0 Å². The fourth-order valence-electron chi connectivity index (χ4n) is 4.06. The first kappa shape index (κ1) is 12.6. The van der Waals surface area contributed by atoms with Crippen molar-refractivity contribution < 1.29 is 14.3 Å². The SMILES string of the molecule is CCOc1ccccc1N1C(=O)[C@@H]2[C@@H](C1=O)[C@@H]1C=C[C@@H]2C1. The van der Waals surface area contributed by atoms with Crippen molar-refractivity contribution in [2.75, 3.05) is 11.5 Å². The number of carbonyl (C=O) groups excluding carboxylic acids is 2. The molecule has 1 aliphatic heterocycles. The molecule has 0 radical (unpaired) electrons. The number of hydrogen-bond acceptors (Lipinski definition) is 3. The van der Waals surface area contributed by atoms with Crippen LogP contribution >= 0.6 is 0 Å². The third kappa shape index (κ3) is 1.62. The maximum absolute atomic E-state index is 12.8. The third-order valence-corrected chi connectivity index (χ3v) is 4.88. The summed E-state index contributed by atoms with van der Waals surface area (Å²) in [5.74, 6) is 0.621. The number of benzene rings is 1. The lowest BCUT2D eigenvalue weighted by atomic mass is 9.85. The number of rotatable bonds is 3. The summed E-state index contributed by atoms with van der Waals surface area (Å²) >= 11 is 0. The summed E-state index contributed by atoms with van der Waals surface area (Å²) in [6, 6.07) is 7.28. The highest BCUT2D eigenvalue weighted by Crippen LogP contribution is 2.53. The fraction of sp³-hybridized carbons (Fsp3) is 0.412. The van der Waals surface area contributed by atoms with Crippen LogP contribution in [-0.4, -0.2) is 18.4 Å². The van der Waals surface area contributed by atoms with Crippen molar-refractivity contribution in [1.29, 1.82) is 0 Å². The van der Waals surface area contributed by atoms with Crippen LogP contribution in [0.3, 0.4) is 0 Å². The van der Waals surface area contributed by atoms with Crippen LogP contribution in [0.1, 0.15) is 13.3 Å². The molecule has 2 bridgehead atoms. The lowest BCUT2D eigenvalue weighted by Gasteiger charge is -2.20. The van der Waals surface area contributed by atoms with Gasteiger partial charge in [0.1, 0.15) is 5.75 Å².